The van der Waals surface area contributed by atoms with Crippen molar-refractivity contribution in [3.63, 3.8) is 0 Å². The summed E-state index contributed by atoms with van der Waals surface area (Å²) in [5.41, 5.74) is 0.902. The fraction of sp³-hybridized carbons (Fsp3) is 0.474. The second kappa shape index (κ2) is 9.19. The van der Waals surface area contributed by atoms with Gasteiger partial charge >= 0.3 is 0 Å². The van der Waals surface area contributed by atoms with Gasteiger partial charge in [-0.05, 0) is 31.5 Å². The van der Waals surface area contributed by atoms with Crippen LogP contribution in [0.2, 0.25) is 0 Å². The quantitative estimate of drug-likeness (QED) is 0.642. The van der Waals surface area contributed by atoms with Crippen LogP contribution >= 0.6 is 15.9 Å². The summed E-state index contributed by atoms with van der Waals surface area (Å²) >= 11 is 3.42. The molecule has 3 rings (SSSR count). The second-order valence-electron chi connectivity index (χ2n) is 6.50. The highest BCUT2D eigenvalue weighted by Gasteiger charge is 2.21. The van der Waals surface area contributed by atoms with Crippen LogP contribution in [-0.2, 0) is 11.3 Å². The summed E-state index contributed by atoms with van der Waals surface area (Å²) in [7, 11) is 0. The molecule has 1 aliphatic rings. The van der Waals surface area contributed by atoms with Crippen molar-refractivity contribution < 1.29 is 14.1 Å². The summed E-state index contributed by atoms with van der Waals surface area (Å²) in [6, 6.07) is 9.70. The molecule has 1 saturated heterocycles. The number of amides is 1. The fourth-order valence-electron chi connectivity index (χ4n) is 2.99. The molecule has 7 heteroatoms. The first-order chi connectivity index (χ1) is 12.6. The largest absolute Gasteiger partial charge is 0.494 e. The third-order valence-corrected chi connectivity index (χ3v) is 4.87. The lowest BCUT2D eigenvalue weighted by Gasteiger charge is -2.34. The number of ether oxygens (including phenoxy) is 1. The highest BCUT2D eigenvalue weighted by Crippen LogP contribution is 2.18. The minimum atomic E-state index is 0.206. The summed E-state index contributed by atoms with van der Waals surface area (Å²) in [4.78, 5) is 16.6. The molecule has 0 N–H and O–H groups in total. The number of benzene rings is 1. The number of halogens is 1. The van der Waals surface area contributed by atoms with Gasteiger partial charge in [-0.15, -0.1) is 0 Å². The Labute approximate surface area is 162 Å². The molecule has 0 bridgehead atoms. The Hall–Kier alpha value is -1.86. The van der Waals surface area contributed by atoms with E-state index in [1.807, 2.05) is 42.2 Å². The van der Waals surface area contributed by atoms with Gasteiger partial charge in [-0.3, -0.25) is 9.69 Å². The zero-order valence-corrected chi connectivity index (χ0v) is 16.6. The molecule has 0 saturated carbocycles. The Morgan fingerprint density at radius 1 is 1.27 bits per heavy atom. The summed E-state index contributed by atoms with van der Waals surface area (Å²) in [6.07, 6.45) is 1.25. The number of rotatable bonds is 7. The summed E-state index contributed by atoms with van der Waals surface area (Å²) < 4.78 is 11.9. The van der Waals surface area contributed by atoms with Crippen molar-refractivity contribution in [2.24, 2.45) is 0 Å². The zero-order valence-electron chi connectivity index (χ0n) is 15.0. The average Bonchev–Trinajstić information content (AvgIpc) is 3.04. The number of piperazine rings is 1. The molecule has 26 heavy (non-hydrogen) atoms. The predicted molar refractivity (Wildman–Crippen MR) is 102 cm³/mol. The van der Waals surface area contributed by atoms with Crippen LogP contribution in [0.1, 0.15) is 24.3 Å². The molecule has 1 aliphatic heterocycles. The highest BCUT2D eigenvalue weighted by atomic mass is 79.9. The maximum atomic E-state index is 12.3. The van der Waals surface area contributed by atoms with E-state index in [9.17, 15) is 4.79 Å². The molecular weight excluding hydrogens is 398 g/mol. The summed E-state index contributed by atoms with van der Waals surface area (Å²) in [6.45, 7) is 6.47. The third kappa shape index (κ3) is 5.57. The zero-order chi connectivity index (χ0) is 18.4. The molecule has 6 nitrogen and oxygen atoms in total. The molecule has 1 fully saturated rings. The van der Waals surface area contributed by atoms with Crippen molar-refractivity contribution in [2.75, 3.05) is 32.8 Å². The third-order valence-electron chi connectivity index (χ3n) is 4.38. The van der Waals surface area contributed by atoms with Crippen LogP contribution in [0.3, 0.4) is 0 Å². The topological polar surface area (TPSA) is 58.8 Å². The number of carbonyl (C=O) groups is 1. The van der Waals surface area contributed by atoms with Gasteiger partial charge in [-0.1, -0.05) is 27.2 Å². The molecule has 0 radical (unpaired) electrons. The van der Waals surface area contributed by atoms with Crippen molar-refractivity contribution in [1.29, 1.82) is 0 Å². The van der Waals surface area contributed by atoms with Crippen LogP contribution in [0, 0.1) is 6.92 Å². The molecule has 1 aromatic heterocycles. The Balaban J connectivity index is 1.33. The first-order valence-corrected chi connectivity index (χ1v) is 9.70. The first-order valence-electron chi connectivity index (χ1n) is 8.91. The van der Waals surface area contributed by atoms with Gasteiger partial charge in [0.25, 0.3) is 0 Å². The lowest BCUT2D eigenvalue weighted by atomic mass is 10.2. The van der Waals surface area contributed by atoms with E-state index in [1.54, 1.807) is 0 Å². The monoisotopic (exact) mass is 421 g/mol. The molecule has 2 aromatic rings. The van der Waals surface area contributed by atoms with Gasteiger partial charge in [0.15, 0.2) is 5.76 Å². The van der Waals surface area contributed by atoms with Crippen molar-refractivity contribution in [2.45, 2.75) is 26.3 Å². The van der Waals surface area contributed by atoms with E-state index in [0.29, 0.717) is 13.0 Å². The molecule has 140 valence electrons. The molecule has 0 atom stereocenters. The minimum absolute atomic E-state index is 0.206. The van der Waals surface area contributed by atoms with E-state index in [2.05, 4.69) is 26.0 Å². The van der Waals surface area contributed by atoms with Gasteiger partial charge < -0.3 is 14.2 Å². The van der Waals surface area contributed by atoms with E-state index >= 15 is 0 Å². The maximum absolute atomic E-state index is 12.3. The molecule has 2 heterocycles. The SMILES string of the molecule is Cc1cc(CN2CCN(C(=O)CCCOc3cccc(Br)c3)CC2)on1. The van der Waals surface area contributed by atoms with E-state index in [4.69, 9.17) is 9.26 Å². The van der Waals surface area contributed by atoms with Crippen molar-refractivity contribution >= 4 is 21.8 Å². The van der Waals surface area contributed by atoms with Crippen molar-refractivity contribution in [3.8, 4) is 5.75 Å². The van der Waals surface area contributed by atoms with Gasteiger partial charge in [0.1, 0.15) is 5.75 Å². The number of aromatic nitrogens is 1. The summed E-state index contributed by atoms with van der Waals surface area (Å²) in [5.74, 6) is 1.91. The number of hydrogen-bond donors (Lipinski definition) is 0. The van der Waals surface area contributed by atoms with E-state index in [1.165, 1.54) is 0 Å². The van der Waals surface area contributed by atoms with Crippen LogP contribution in [-0.4, -0.2) is 53.6 Å². The number of aryl methyl sites for hydroxylation is 1. The molecule has 0 aliphatic carbocycles. The van der Waals surface area contributed by atoms with Gasteiger partial charge in [0.05, 0.1) is 18.8 Å². The van der Waals surface area contributed by atoms with Crippen LogP contribution in [0.4, 0.5) is 0 Å². The second-order valence-corrected chi connectivity index (χ2v) is 7.42. The van der Waals surface area contributed by atoms with Crippen LogP contribution in [0.25, 0.3) is 0 Å². The fourth-order valence-corrected chi connectivity index (χ4v) is 3.37. The molecule has 1 aromatic carbocycles. The lowest BCUT2D eigenvalue weighted by molar-refractivity contribution is -0.133. The minimum Gasteiger partial charge on any atom is -0.494 e. The molecule has 1 amide bonds. The van der Waals surface area contributed by atoms with Gasteiger partial charge in [-0.2, -0.15) is 0 Å². The van der Waals surface area contributed by atoms with Crippen molar-refractivity contribution in [3.05, 3.63) is 46.3 Å². The van der Waals surface area contributed by atoms with Gasteiger partial charge in [0, 0.05) is 43.1 Å². The highest BCUT2D eigenvalue weighted by molar-refractivity contribution is 9.10. The molecule has 0 unspecified atom stereocenters. The van der Waals surface area contributed by atoms with E-state index < -0.39 is 0 Å². The number of carbonyl (C=O) groups excluding carboxylic acids is 1. The smallest absolute Gasteiger partial charge is 0.222 e. The first kappa shape index (κ1) is 18.9. The Morgan fingerprint density at radius 2 is 2.08 bits per heavy atom. The van der Waals surface area contributed by atoms with Gasteiger partial charge in [-0.25, -0.2) is 0 Å². The van der Waals surface area contributed by atoms with Crippen molar-refractivity contribution in [1.82, 2.24) is 15.0 Å². The van der Waals surface area contributed by atoms with Crippen LogP contribution in [0.15, 0.2) is 39.3 Å². The predicted octanol–water partition coefficient (Wildman–Crippen LogP) is 3.25. The van der Waals surface area contributed by atoms with E-state index in [0.717, 1.165) is 60.8 Å². The normalized spacial score (nSPS) is 15.2. The maximum Gasteiger partial charge on any atom is 0.222 e. The Bertz CT molecular complexity index is 726. The van der Waals surface area contributed by atoms with Gasteiger partial charge in [0.2, 0.25) is 5.91 Å². The van der Waals surface area contributed by atoms with E-state index in [-0.39, 0.29) is 5.91 Å². The Kier molecular flexibility index (Phi) is 6.68. The summed E-state index contributed by atoms with van der Waals surface area (Å²) in [5, 5.41) is 3.91. The van der Waals surface area contributed by atoms with Crippen LogP contribution < -0.4 is 4.74 Å². The standard InChI is InChI=1S/C19H24BrN3O3/c1-15-12-18(26-21-15)14-22-7-9-23(10-8-22)19(24)6-3-11-25-17-5-2-4-16(20)13-17/h2,4-5,12-13H,3,6-11,14H2,1H3. The average molecular weight is 422 g/mol. The van der Waals surface area contributed by atoms with Crippen LogP contribution in [0.5, 0.6) is 5.75 Å². The molecular formula is C19H24BrN3O3. The number of hydrogen-bond acceptors (Lipinski definition) is 5. The molecule has 0 spiro atoms. The lowest BCUT2D eigenvalue weighted by Crippen LogP contribution is -2.48. The Morgan fingerprint density at radius 3 is 2.77 bits per heavy atom. The number of nitrogens with zero attached hydrogens (tertiary/aromatic N) is 3.